The fourth-order valence-electron chi connectivity index (χ4n) is 1.30. The van der Waals surface area contributed by atoms with Crippen molar-refractivity contribution < 1.29 is 0 Å². The topological polar surface area (TPSA) is 69.6 Å². The van der Waals surface area contributed by atoms with Gasteiger partial charge >= 0.3 is 0 Å². The van der Waals surface area contributed by atoms with Crippen LogP contribution in [0.25, 0.3) is 5.69 Å². The number of nitrogens with zero attached hydrogens (tertiary/aromatic N) is 4. The zero-order valence-electron chi connectivity index (χ0n) is 8.54. The maximum absolute atomic E-state index is 5.87. The molecule has 5 nitrogen and oxygen atoms in total. The maximum Gasteiger partial charge on any atom is 0.138 e. The predicted octanol–water partition coefficient (Wildman–Crippen LogP) is 1.07. The second-order valence-corrected chi connectivity index (χ2v) is 3.30. The molecule has 0 aliphatic heterocycles. The molecule has 0 saturated carbocycles. The number of rotatable bonds is 3. The van der Waals surface area contributed by atoms with E-state index in [1.54, 1.807) is 17.2 Å². The highest BCUT2D eigenvalue weighted by atomic mass is 15.3. The Balaban J connectivity index is 2.25. The largest absolute Gasteiger partial charge is 0.323 e. The van der Waals surface area contributed by atoms with Gasteiger partial charge in [0.2, 0.25) is 0 Å². The SMILES string of the molecule is CC[C@H](N)c1ccc(-n2cncn2)cn1. The number of hydrogen-bond acceptors (Lipinski definition) is 4. The maximum atomic E-state index is 5.87. The number of pyridine rings is 1. The minimum Gasteiger partial charge on any atom is -0.323 e. The van der Waals surface area contributed by atoms with Crippen LogP contribution in [-0.2, 0) is 0 Å². The molecule has 1 atom stereocenters. The standard InChI is InChI=1S/C10H13N5/c1-2-9(11)10-4-3-8(5-13-10)15-7-12-6-14-15/h3-7,9H,2,11H2,1H3/t9-/m0/s1. The van der Waals surface area contributed by atoms with E-state index in [1.165, 1.54) is 6.33 Å². The van der Waals surface area contributed by atoms with Gasteiger partial charge in [0.05, 0.1) is 17.6 Å². The van der Waals surface area contributed by atoms with Crippen LogP contribution in [-0.4, -0.2) is 19.7 Å². The summed E-state index contributed by atoms with van der Waals surface area (Å²) >= 11 is 0. The molecule has 0 aromatic carbocycles. The number of nitrogens with two attached hydrogens (primary N) is 1. The summed E-state index contributed by atoms with van der Waals surface area (Å²) in [5.41, 5.74) is 7.66. The van der Waals surface area contributed by atoms with Crippen LogP contribution >= 0.6 is 0 Å². The summed E-state index contributed by atoms with van der Waals surface area (Å²) in [6, 6.07) is 3.87. The molecule has 0 saturated heterocycles. The van der Waals surface area contributed by atoms with Crippen molar-refractivity contribution >= 4 is 0 Å². The third kappa shape index (κ3) is 2.02. The second-order valence-electron chi connectivity index (χ2n) is 3.30. The van der Waals surface area contributed by atoms with E-state index in [2.05, 4.69) is 15.1 Å². The molecule has 15 heavy (non-hydrogen) atoms. The molecule has 2 heterocycles. The highest BCUT2D eigenvalue weighted by Crippen LogP contribution is 2.12. The minimum atomic E-state index is 0.00907. The highest BCUT2D eigenvalue weighted by Gasteiger charge is 2.04. The lowest BCUT2D eigenvalue weighted by molar-refractivity contribution is 0.674. The molecule has 0 amide bonds. The van der Waals surface area contributed by atoms with Crippen LogP contribution in [0.4, 0.5) is 0 Å². The number of aromatic nitrogens is 4. The normalized spacial score (nSPS) is 12.7. The monoisotopic (exact) mass is 203 g/mol. The van der Waals surface area contributed by atoms with Crippen molar-refractivity contribution in [3.63, 3.8) is 0 Å². The minimum absolute atomic E-state index is 0.00907. The Morgan fingerprint density at radius 2 is 2.33 bits per heavy atom. The van der Waals surface area contributed by atoms with Crippen molar-refractivity contribution in [3.8, 4) is 5.69 Å². The van der Waals surface area contributed by atoms with Crippen molar-refractivity contribution in [1.29, 1.82) is 0 Å². The van der Waals surface area contributed by atoms with Gasteiger partial charge in [0.1, 0.15) is 12.7 Å². The van der Waals surface area contributed by atoms with Gasteiger partial charge in [0, 0.05) is 6.04 Å². The smallest absolute Gasteiger partial charge is 0.138 e. The summed E-state index contributed by atoms with van der Waals surface area (Å²) in [5.74, 6) is 0. The van der Waals surface area contributed by atoms with Crippen LogP contribution in [0.5, 0.6) is 0 Å². The lowest BCUT2D eigenvalue weighted by Crippen LogP contribution is -2.10. The first-order valence-corrected chi connectivity index (χ1v) is 4.87. The van der Waals surface area contributed by atoms with Gasteiger partial charge in [-0.3, -0.25) is 4.98 Å². The van der Waals surface area contributed by atoms with Crippen molar-refractivity contribution in [2.75, 3.05) is 0 Å². The van der Waals surface area contributed by atoms with Gasteiger partial charge in [-0.1, -0.05) is 6.92 Å². The molecule has 2 aromatic heterocycles. The molecule has 78 valence electrons. The van der Waals surface area contributed by atoms with Crippen LogP contribution in [0.3, 0.4) is 0 Å². The summed E-state index contributed by atoms with van der Waals surface area (Å²) in [4.78, 5) is 8.16. The molecule has 5 heteroatoms. The van der Waals surface area contributed by atoms with Gasteiger partial charge in [0.15, 0.2) is 0 Å². The second kappa shape index (κ2) is 4.18. The van der Waals surface area contributed by atoms with E-state index in [-0.39, 0.29) is 6.04 Å². The van der Waals surface area contributed by atoms with Crippen molar-refractivity contribution in [3.05, 3.63) is 36.7 Å². The zero-order chi connectivity index (χ0) is 10.7. The Hall–Kier alpha value is -1.75. The summed E-state index contributed by atoms with van der Waals surface area (Å²) in [6.45, 7) is 2.04. The summed E-state index contributed by atoms with van der Waals surface area (Å²) in [5, 5.41) is 4.02. The fourth-order valence-corrected chi connectivity index (χ4v) is 1.30. The van der Waals surface area contributed by atoms with E-state index in [0.29, 0.717) is 0 Å². The molecule has 2 aromatic rings. The fraction of sp³-hybridized carbons (Fsp3) is 0.300. The van der Waals surface area contributed by atoms with Gasteiger partial charge in [-0.05, 0) is 18.6 Å². The molecular weight excluding hydrogens is 190 g/mol. The van der Waals surface area contributed by atoms with Crippen LogP contribution in [0.1, 0.15) is 25.1 Å². The average molecular weight is 203 g/mol. The quantitative estimate of drug-likeness (QED) is 0.810. The molecule has 0 fully saturated rings. The Morgan fingerprint density at radius 1 is 1.47 bits per heavy atom. The molecule has 0 radical (unpaired) electrons. The molecule has 0 bridgehead atoms. The summed E-state index contributed by atoms with van der Waals surface area (Å²) in [7, 11) is 0. The van der Waals surface area contributed by atoms with Crippen LogP contribution in [0, 0.1) is 0 Å². The van der Waals surface area contributed by atoms with Crippen LogP contribution in [0.2, 0.25) is 0 Å². The Bertz CT molecular complexity index is 406. The average Bonchev–Trinajstić information content (AvgIpc) is 2.82. The molecule has 2 N–H and O–H groups in total. The summed E-state index contributed by atoms with van der Waals surface area (Å²) in [6.07, 6.45) is 5.76. The molecule has 2 rings (SSSR count). The van der Waals surface area contributed by atoms with Crippen LogP contribution in [0.15, 0.2) is 31.0 Å². The van der Waals surface area contributed by atoms with Crippen molar-refractivity contribution in [2.45, 2.75) is 19.4 Å². The Labute approximate surface area is 88.0 Å². The van der Waals surface area contributed by atoms with E-state index < -0.39 is 0 Å². The van der Waals surface area contributed by atoms with Crippen molar-refractivity contribution in [1.82, 2.24) is 19.7 Å². The Kier molecular flexibility index (Phi) is 2.73. The van der Waals surface area contributed by atoms with E-state index in [4.69, 9.17) is 5.73 Å². The first-order chi connectivity index (χ1) is 7.31. The lowest BCUT2D eigenvalue weighted by Gasteiger charge is -2.08. The van der Waals surface area contributed by atoms with Gasteiger partial charge in [-0.2, -0.15) is 5.10 Å². The third-order valence-electron chi connectivity index (χ3n) is 2.27. The highest BCUT2D eigenvalue weighted by molar-refractivity contribution is 5.28. The molecule has 0 aliphatic carbocycles. The third-order valence-corrected chi connectivity index (χ3v) is 2.27. The lowest BCUT2D eigenvalue weighted by atomic mass is 10.1. The molecule has 0 aliphatic rings. The molecule has 0 spiro atoms. The van der Waals surface area contributed by atoms with Gasteiger partial charge in [0.25, 0.3) is 0 Å². The van der Waals surface area contributed by atoms with E-state index in [9.17, 15) is 0 Å². The van der Waals surface area contributed by atoms with Gasteiger partial charge < -0.3 is 5.73 Å². The van der Waals surface area contributed by atoms with E-state index in [0.717, 1.165) is 17.8 Å². The first kappa shape index (κ1) is 9.79. The number of hydrogen-bond donors (Lipinski definition) is 1. The first-order valence-electron chi connectivity index (χ1n) is 4.87. The van der Waals surface area contributed by atoms with E-state index in [1.807, 2.05) is 19.1 Å². The Morgan fingerprint density at radius 3 is 2.87 bits per heavy atom. The molecule has 0 unspecified atom stereocenters. The molecular formula is C10H13N5. The van der Waals surface area contributed by atoms with Gasteiger partial charge in [-0.25, -0.2) is 9.67 Å². The van der Waals surface area contributed by atoms with E-state index >= 15 is 0 Å². The van der Waals surface area contributed by atoms with Gasteiger partial charge in [-0.15, -0.1) is 0 Å². The zero-order valence-corrected chi connectivity index (χ0v) is 8.54. The summed E-state index contributed by atoms with van der Waals surface area (Å²) < 4.78 is 1.66. The van der Waals surface area contributed by atoms with Crippen molar-refractivity contribution in [2.24, 2.45) is 5.73 Å². The predicted molar refractivity (Wildman–Crippen MR) is 56.4 cm³/mol. The van der Waals surface area contributed by atoms with Crippen LogP contribution < -0.4 is 5.73 Å².